The third-order valence-electron chi connectivity index (χ3n) is 19.2. The summed E-state index contributed by atoms with van der Waals surface area (Å²) in [5, 5.41) is 62.7. The van der Waals surface area contributed by atoms with Crippen molar-refractivity contribution in [2.75, 3.05) is 24.6 Å². The van der Waals surface area contributed by atoms with Gasteiger partial charge in [-0.1, -0.05) is 88.2 Å². The van der Waals surface area contributed by atoms with Gasteiger partial charge in [0.15, 0.2) is 23.5 Å². The van der Waals surface area contributed by atoms with Gasteiger partial charge in [-0.05, 0) is 49.4 Å². The molecule has 18 atom stereocenters. The van der Waals surface area contributed by atoms with E-state index in [4.69, 9.17) is 44.6 Å². The fraction of sp³-hybridized carbons (Fsp3) is 0.662. The Morgan fingerprint density at radius 3 is 1.26 bits per heavy atom. The largest absolute Gasteiger partial charge is 0.481 e. The molecule has 3 aliphatic heterocycles. The van der Waals surface area contributed by atoms with Gasteiger partial charge in [-0.25, -0.2) is 14.6 Å². The molecule has 0 saturated carbocycles. The van der Waals surface area contributed by atoms with Crippen molar-refractivity contribution in [3.8, 4) is 0 Å². The molecule has 4 heterocycles. The van der Waals surface area contributed by atoms with Crippen LogP contribution in [0.2, 0.25) is 0 Å². The SMILES string of the molecule is CCC(C)C1NC(=O)C(NC(=O)C(CC(=O)C(CCCN=C(N)N)NC(=O)C(N)CC(=O)O)C(C)C)C(C)SCC(C(=O)O)NC(=O)C(CC2=CCC=N2)NC1=O.CCC(C)C1NC(=O)C(NC(=O)C(CC(=O)C(CCCN=C(N)N)NC(=O)C(N)CC(=O)O)C(C)C)C(C)SCC(C(=O)O)NC(=O)C(Cc2cnc[nH]2)NC1=O. The van der Waals surface area contributed by atoms with E-state index in [0.717, 1.165) is 23.5 Å². The Hall–Kier alpha value is -10.3. The lowest BCUT2D eigenvalue weighted by molar-refractivity contribution is -0.142. The normalized spacial score (nSPS) is 23.2. The number of H-pyrrole nitrogens is 1. The third kappa shape index (κ3) is 33.4. The van der Waals surface area contributed by atoms with E-state index in [1.807, 2.05) is 6.92 Å². The van der Waals surface area contributed by atoms with E-state index in [-0.39, 0.29) is 75.0 Å². The third-order valence-corrected chi connectivity index (χ3v) is 21.9. The summed E-state index contributed by atoms with van der Waals surface area (Å²) in [6, 6.07) is -15.7. The van der Waals surface area contributed by atoms with Crippen molar-refractivity contribution in [2.45, 2.75) is 236 Å². The summed E-state index contributed by atoms with van der Waals surface area (Å²) < 4.78 is 0. The van der Waals surface area contributed by atoms with Gasteiger partial charge in [0.2, 0.25) is 59.1 Å². The van der Waals surface area contributed by atoms with Gasteiger partial charge in [-0.15, -0.1) is 0 Å². The molecule has 0 aliphatic carbocycles. The van der Waals surface area contributed by atoms with Crippen molar-refractivity contribution in [3.63, 3.8) is 0 Å². The number of nitrogens with two attached hydrogens (primary N) is 6. The van der Waals surface area contributed by atoms with Crippen molar-refractivity contribution in [2.24, 2.45) is 84.9 Å². The molecule has 114 heavy (non-hydrogen) atoms. The summed E-state index contributed by atoms with van der Waals surface area (Å²) in [6.07, 6.45) is 5.88. The maximum atomic E-state index is 14.1. The first-order chi connectivity index (χ1) is 53.5. The Morgan fingerprint density at radius 2 is 0.939 bits per heavy atom. The number of carbonyl (C=O) groups excluding carboxylic acids is 12. The number of thioether (sulfide) groups is 2. The second-order valence-corrected chi connectivity index (χ2v) is 31.7. The first-order valence-corrected chi connectivity index (χ1v) is 39.6. The van der Waals surface area contributed by atoms with E-state index in [9.17, 15) is 86.9 Å². The second-order valence-electron chi connectivity index (χ2n) is 28.9. The molecule has 0 aromatic carbocycles. The van der Waals surface area contributed by atoms with Crippen LogP contribution < -0.4 is 87.6 Å². The van der Waals surface area contributed by atoms with Gasteiger partial charge in [-0.2, -0.15) is 23.5 Å². The van der Waals surface area contributed by atoms with Gasteiger partial charge in [0, 0.05) is 103 Å². The molecule has 18 unspecified atom stereocenters. The molecule has 1 aromatic heterocycles. The minimum atomic E-state index is -1.46. The number of aromatic nitrogens is 2. The first kappa shape index (κ1) is 97.9. The summed E-state index contributed by atoms with van der Waals surface area (Å²) in [5.74, 6) is -18.9. The smallest absolute Gasteiger partial charge is 0.327 e. The molecule has 636 valence electrons. The van der Waals surface area contributed by atoms with Crippen LogP contribution in [-0.4, -0.2) is 251 Å². The van der Waals surface area contributed by atoms with Crippen LogP contribution >= 0.6 is 23.5 Å². The predicted octanol–water partition coefficient (Wildman–Crippen LogP) is -3.76. The molecule has 0 radical (unpaired) electrons. The Morgan fingerprint density at radius 1 is 0.544 bits per heavy atom. The lowest BCUT2D eigenvalue weighted by atomic mass is 9.87. The van der Waals surface area contributed by atoms with E-state index in [1.54, 1.807) is 74.6 Å². The number of imidazole rings is 1. The van der Waals surface area contributed by atoms with Crippen molar-refractivity contribution in [3.05, 3.63) is 30.0 Å². The highest BCUT2D eigenvalue weighted by Crippen LogP contribution is 2.26. The van der Waals surface area contributed by atoms with Gasteiger partial charge in [0.05, 0.1) is 43.3 Å². The van der Waals surface area contributed by atoms with Gasteiger partial charge in [-0.3, -0.25) is 82.1 Å². The lowest BCUT2D eigenvalue weighted by Gasteiger charge is -2.31. The number of guanidine groups is 2. The van der Waals surface area contributed by atoms with Crippen LogP contribution in [0.25, 0.3) is 0 Å². The number of amides is 10. The number of carboxylic acids is 4. The molecule has 10 amide bonds. The Balaban J connectivity index is 0.000000590. The average Bonchev–Trinajstić information content (AvgIpc) is 1.44. The molecule has 0 bridgehead atoms. The number of hydrogen-bond donors (Lipinski definition) is 21. The highest BCUT2D eigenvalue weighted by molar-refractivity contribution is 8.00. The van der Waals surface area contributed by atoms with E-state index in [1.165, 1.54) is 12.5 Å². The van der Waals surface area contributed by atoms with E-state index >= 15 is 0 Å². The van der Waals surface area contributed by atoms with Gasteiger partial charge in [0.25, 0.3) is 0 Å². The van der Waals surface area contributed by atoms with E-state index in [0.29, 0.717) is 30.7 Å². The number of nitrogens with zero attached hydrogens (tertiary/aromatic N) is 4. The number of nitrogens with one attached hydrogen (secondary N) is 11. The zero-order chi connectivity index (χ0) is 86.0. The number of rotatable bonds is 38. The van der Waals surface area contributed by atoms with Crippen LogP contribution in [0, 0.1) is 35.5 Å². The summed E-state index contributed by atoms with van der Waals surface area (Å²) >= 11 is 1.99. The summed E-state index contributed by atoms with van der Waals surface area (Å²) in [6.45, 7) is 17.2. The molecule has 3 aliphatic rings. The standard InChI is InChI=1S/C36H58N10O10S.C35H57N11O10S/c1-6-18(4)28-33(53)43-24(13-20-9-7-11-40-20)32(52)44-25(35(55)56)16-57-19(5)29(34(54)45-28)46-30(50)21(17(2)3)14-26(47)23(10-8-12-41-36(38)39)42-31(51)22(37)15-27(48)49;1-6-17(4)27-32(53)43-23(10-19-13-39-15-41-19)31(52)44-24(34(55)56)14-57-18(5)28(33(54)45-27)46-29(50)20(16(2)3)11-25(47)22(8-7-9-40-35(37)38)42-30(51)21(36)12-26(48)49/h9,11,17-19,21-25,28-29H,6-8,10,12-16,37H2,1-5H3,(H,42,51)(H,43,53)(H,44,52)(H,45,54)(H,46,50)(H,48,49)(H,55,56)(H4,38,39,41);13,15-18,20-24,27-28H,6-12,14,36H2,1-5H3,(H,39,41)(H,42,51)(H,43,53)(H,44,52)(H,45,54)(H,46,50)(H,48,49)(H,55,56)(H4,37,38,40). The quantitative estimate of drug-likeness (QED) is 0.0172. The topological polar surface area (TPSA) is 696 Å². The van der Waals surface area contributed by atoms with E-state index in [2.05, 4.69) is 78.1 Å². The zero-order valence-corrected chi connectivity index (χ0v) is 67.4. The molecule has 43 heteroatoms. The van der Waals surface area contributed by atoms with E-state index < -0.39 is 239 Å². The molecular weight excluding hydrogens is 1530 g/mol. The number of Topliss-reactive ketones (excluding diaryl/α,β-unsaturated/α-hetero) is 2. The highest BCUT2D eigenvalue weighted by atomic mass is 32.2. The maximum Gasteiger partial charge on any atom is 0.327 e. The van der Waals surface area contributed by atoms with Crippen LogP contribution in [0.1, 0.15) is 152 Å². The highest BCUT2D eigenvalue weighted by Gasteiger charge is 2.43. The van der Waals surface area contributed by atoms with Crippen LogP contribution in [-0.2, 0) is 83.1 Å². The van der Waals surface area contributed by atoms with Gasteiger partial charge < -0.3 is 113 Å². The molecule has 41 nitrogen and oxygen atoms in total. The number of ketones is 2. The number of aromatic amines is 1. The fourth-order valence-corrected chi connectivity index (χ4v) is 14.0. The predicted molar refractivity (Wildman–Crippen MR) is 422 cm³/mol. The van der Waals surface area contributed by atoms with Gasteiger partial charge >= 0.3 is 23.9 Å². The minimum absolute atomic E-state index is 0.0188. The average molecular weight is 1650 g/mol. The summed E-state index contributed by atoms with van der Waals surface area (Å²) in [7, 11) is 0. The molecule has 0 spiro atoms. The van der Waals surface area contributed by atoms with Crippen LogP contribution in [0.4, 0.5) is 0 Å². The van der Waals surface area contributed by atoms with Gasteiger partial charge in [0.1, 0.15) is 48.3 Å². The van der Waals surface area contributed by atoms with Crippen molar-refractivity contribution in [1.82, 2.24) is 63.1 Å². The lowest BCUT2D eigenvalue weighted by Crippen LogP contribution is -2.60. The molecule has 27 N–H and O–H groups in total. The number of carbonyl (C=O) groups is 16. The summed E-state index contributed by atoms with van der Waals surface area (Å²) in [5.41, 5.74) is 34.0. The zero-order valence-electron chi connectivity index (χ0n) is 65.8. The molecule has 4 rings (SSSR count). The Labute approximate surface area is 668 Å². The van der Waals surface area contributed by atoms with Crippen LogP contribution in [0.5, 0.6) is 0 Å². The molecule has 2 saturated heterocycles. The Bertz CT molecular complexity index is 3650. The fourth-order valence-electron chi connectivity index (χ4n) is 11.8. The number of carboxylic acid groups (broad SMARTS) is 4. The van der Waals surface area contributed by atoms with Crippen LogP contribution in [0.15, 0.2) is 39.3 Å². The summed E-state index contributed by atoms with van der Waals surface area (Å²) in [4.78, 5) is 229. The number of aliphatic carboxylic acids is 4. The second kappa shape index (κ2) is 48.7. The number of aliphatic imine (C=N–C) groups is 3. The molecule has 1 aromatic rings. The monoisotopic (exact) mass is 1650 g/mol. The van der Waals surface area contributed by atoms with Crippen LogP contribution in [0.3, 0.4) is 0 Å². The minimum Gasteiger partial charge on any atom is -0.481 e. The number of hydrogen-bond acceptors (Lipinski definition) is 24. The Kier molecular flexibility index (Phi) is 41.8. The molecular formula is C71H115N21O20S2. The molecule has 2 fully saturated rings. The first-order valence-electron chi connectivity index (χ1n) is 37.5. The van der Waals surface area contributed by atoms with Crippen molar-refractivity contribution < 1.29 is 97.1 Å². The van der Waals surface area contributed by atoms with Crippen molar-refractivity contribution in [1.29, 1.82) is 0 Å². The van der Waals surface area contributed by atoms with Crippen molar-refractivity contribution >= 4 is 136 Å². The number of allylic oxidation sites excluding steroid dienone is 1. The maximum absolute atomic E-state index is 14.1.